The van der Waals surface area contributed by atoms with E-state index in [0.29, 0.717) is 12.6 Å². The van der Waals surface area contributed by atoms with Crippen LogP contribution in [0.2, 0.25) is 0 Å². The second-order valence-electron chi connectivity index (χ2n) is 7.67. The molecule has 0 radical (unpaired) electrons. The summed E-state index contributed by atoms with van der Waals surface area (Å²) >= 11 is 0. The third kappa shape index (κ3) is 6.01. The first-order valence-electron chi connectivity index (χ1n) is 9.91. The normalized spacial score (nSPS) is 21.6. The summed E-state index contributed by atoms with van der Waals surface area (Å²) in [4.78, 5) is 4.76. The number of nitrogens with zero attached hydrogens (tertiary/aromatic N) is 4. The number of hydrogen-bond acceptors (Lipinski definition) is 3. The lowest BCUT2D eigenvalue weighted by molar-refractivity contribution is 0.250. The fourth-order valence-electron chi connectivity index (χ4n) is 3.40. The predicted molar refractivity (Wildman–Crippen MR) is 104 cm³/mol. The minimum Gasteiger partial charge on any atom is -0.356 e. The molecule has 25 heavy (non-hydrogen) atoms. The van der Waals surface area contributed by atoms with Crippen LogP contribution in [-0.2, 0) is 13.6 Å². The predicted octanol–water partition coefficient (Wildman–Crippen LogP) is 3.17. The maximum atomic E-state index is 4.76. The van der Waals surface area contributed by atoms with Gasteiger partial charge in [0.15, 0.2) is 11.8 Å². The van der Waals surface area contributed by atoms with Crippen molar-refractivity contribution in [3.63, 3.8) is 0 Å². The Kier molecular flexibility index (Phi) is 7.72. The molecule has 2 N–H and O–H groups in total. The molecule has 1 fully saturated rings. The molecule has 1 aromatic rings. The van der Waals surface area contributed by atoms with Crippen molar-refractivity contribution < 1.29 is 0 Å². The summed E-state index contributed by atoms with van der Waals surface area (Å²) in [7, 11) is 1.99. The third-order valence-electron chi connectivity index (χ3n) is 5.44. The van der Waals surface area contributed by atoms with Crippen LogP contribution >= 0.6 is 0 Å². The molecule has 1 saturated carbocycles. The minimum absolute atomic E-state index is 0.532. The highest BCUT2D eigenvalue weighted by molar-refractivity contribution is 5.80. The van der Waals surface area contributed by atoms with Gasteiger partial charge in [-0.15, -0.1) is 10.2 Å². The van der Waals surface area contributed by atoms with Gasteiger partial charge in [0.05, 0.1) is 0 Å². The minimum atomic E-state index is 0.532. The smallest absolute Gasteiger partial charge is 0.191 e. The molecule has 0 spiro atoms. The topological polar surface area (TPSA) is 67.1 Å². The maximum absolute atomic E-state index is 4.76. The van der Waals surface area contributed by atoms with Crippen molar-refractivity contribution in [1.82, 2.24) is 25.4 Å². The Bertz CT molecular complexity index is 540. The molecule has 0 bridgehead atoms. The van der Waals surface area contributed by atoms with Gasteiger partial charge in [0.1, 0.15) is 12.4 Å². The third-order valence-corrected chi connectivity index (χ3v) is 5.44. The van der Waals surface area contributed by atoms with Crippen molar-refractivity contribution in [3.8, 4) is 0 Å². The summed E-state index contributed by atoms with van der Waals surface area (Å²) in [5, 5.41) is 15.5. The highest BCUT2D eigenvalue weighted by atomic mass is 15.3. The summed E-state index contributed by atoms with van der Waals surface area (Å²) in [6, 6.07) is 0.532. The summed E-state index contributed by atoms with van der Waals surface area (Å²) < 4.78 is 2.00. The van der Waals surface area contributed by atoms with Crippen LogP contribution in [0, 0.1) is 18.8 Å². The van der Waals surface area contributed by atoms with Crippen LogP contribution in [0.3, 0.4) is 0 Å². The number of rotatable bonds is 7. The zero-order valence-electron chi connectivity index (χ0n) is 16.7. The number of aromatic nitrogens is 3. The Morgan fingerprint density at radius 3 is 2.52 bits per heavy atom. The molecule has 0 aliphatic heterocycles. The van der Waals surface area contributed by atoms with E-state index < -0.39 is 0 Å². The van der Waals surface area contributed by atoms with Crippen LogP contribution in [-0.4, -0.2) is 33.3 Å². The number of unbranched alkanes of at least 4 members (excludes halogenated alkanes) is 1. The van der Waals surface area contributed by atoms with Crippen LogP contribution in [0.4, 0.5) is 0 Å². The van der Waals surface area contributed by atoms with Gasteiger partial charge in [-0.05, 0) is 50.9 Å². The summed E-state index contributed by atoms with van der Waals surface area (Å²) in [5.41, 5.74) is 0. The van der Waals surface area contributed by atoms with Gasteiger partial charge >= 0.3 is 0 Å². The number of hydrogen-bond donors (Lipinski definition) is 2. The fourth-order valence-corrected chi connectivity index (χ4v) is 3.40. The van der Waals surface area contributed by atoms with E-state index in [4.69, 9.17) is 4.99 Å². The van der Waals surface area contributed by atoms with Gasteiger partial charge in [0.2, 0.25) is 0 Å². The summed E-state index contributed by atoms with van der Waals surface area (Å²) in [6.45, 7) is 10.4. The van der Waals surface area contributed by atoms with Crippen molar-refractivity contribution in [1.29, 1.82) is 0 Å². The van der Waals surface area contributed by atoms with E-state index in [1.807, 2.05) is 18.5 Å². The molecule has 1 aliphatic rings. The molecule has 142 valence electrons. The molecular weight excluding hydrogens is 312 g/mol. The average Bonchev–Trinajstić information content (AvgIpc) is 2.92. The van der Waals surface area contributed by atoms with Crippen molar-refractivity contribution in [2.24, 2.45) is 23.9 Å². The van der Waals surface area contributed by atoms with E-state index in [1.54, 1.807) is 0 Å². The van der Waals surface area contributed by atoms with E-state index in [2.05, 4.69) is 41.6 Å². The first kappa shape index (κ1) is 19.7. The van der Waals surface area contributed by atoms with Crippen molar-refractivity contribution in [3.05, 3.63) is 11.6 Å². The SMILES string of the molecule is CCCCNC(=NCc1nnc(C)n1C)NC1CCC(C(C)C)CC1. The van der Waals surface area contributed by atoms with Crippen molar-refractivity contribution in [2.75, 3.05) is 6.54 Å². The monoisotopic (exact) mass is 348 g/mol. The van der Waals surface area contributed by atoms with Crippen LogP contribution in [0.15, 0.2) is 4.99 Å². The quantitative estimate of drug-likeness (QED) is 0.451. The van der Waals surface area contributed by atoms with E-state index in [0.717, 1.165) is 42.4 Å². The molecule has 0 aromatic carbocycles. The van der Waals surface area contributed by atoms with Gasteiger partial charge in [-0.2, -0.15) is 0 Å². The van der Waals surface area contributed by atoms with Crippen LogP contribution < -0.4 is 10.6 Å². The Labute approximate surface area is 152 Å². The average molecular weight is 349 g/mol. The van der Waals surface area contributed by atoms with Gasteiger partial charge in [-0.25, -0.2) is 4.99 Å². The lowest BCUT2D eigenvalue weighted by Crippen LogP contribution is -2.45. The Hall–Kier alpha value is -1.59. The zero-order valence-corrected chi connectivity index (χ0v) is 16.7. The maximum Gasteiger partial charge on any atom is 0.191 e. The summed E-state index contributed by atoms with van der Waals surface area (Å²) in [5.74, 6) is 4.43. The summed E-state index contributed by atoms with van der Waals surface area (Å²) in [6.07, 6.45) is 7.45. The molecule has 0 atom stereocenters. The Morgan fingerprint density at radius 2 is 1.96 bits per heavy atom. The standard InChI is InChI=1S/C19H36N6/c1-6-7-12-20-19(21-13-18-24-23-15(4)25(18)5)22-17-10-8-16(9-11-17)14(2)3/h14,16-17H,6-13H2,1-5H3,(H2,20,21,22). The molecule has 0 unspecified atom stereocenters. The number of aryl methyl sites for hydroxylation is 1. The molecule has 6 nitrogen and oxygen atoms in total. The molecule has 0 saturated heterocycles. The van der Waals surface area contributed by atoms with Gasteiger partial charge in [0.25, 0.3) is 0 Å². The highest BCUT2D eigenvalue weighted by Crippen LogP contribution is 2.29. The molecule has 1 aliphatic carbocycles. The second-order valence-corrected chi connectivity index (χ2v) is 7.67. The molecule has 1 aromatic heterocycles. The highest BCUT2D eigenvalue weighted by Gasteiger charge is 2.23. The zero-order chi connectivity index (χ0) is 18.2. The first-order valence-corrected chi connectivity index (χ1v) is 9.91. The number of nitrogens with one attached hydrogen (secondary N) is 2. The van der Waals surface area contributed by atoms with Gasteiger partial charge < -0.3 is 15.2 Å². The molecule has 0 amide bonds. The lowest BCUT2D eigenvalue weighted by Gasteiger charge is -2.32. The van der Waals surface area contributed by atoms with E-state index in [9.17, 15) is 0 Å². The van der Waals surface area contributed by atoms with Crippen molar-refractivity contribution in [2.45, 2.75) is 78.8 Å². The van der Waals surface area contributed by atoms with Crippen LogP contribution in [0.25, 0.3) is 0 Å². The second kappa shape index (κ2) is 9.78. The molecule has 2 rings (SSSR count). The van der Waals surface area contributed by atoms with Crippen LogP contribution in [0.1, 0.15) is 70.9 Å². The first-order chi connectivity index (χ1) is 12.0. The van der Waals surface area contributed by atoms with Gasteiger partial charge in [-0.3, -0.25) is 0 Å². The molecule has 1 heterocycles. The largest absolute Gasteiger partial charge is 0.356 e. The van der Waals surface area contributed by atoms with E-state index in [-0.39, 0.29) is 0 Å². The van der Waals surface area contributed by atoms with E-state index in [1.165, 1.54) is 32.1 Å². The van der Waals surface area contributed by atoms with Gasteiger partial charge in [0, 0.05) is 19.6 Å². The van der Waals surface area contributed by atoms with Crippen LogP contribution in [0.5, 0.6) is 0 Å². The lowest BCUT2D eigenvalue weighted by atomic mass is 9.80. The molecular formula is C19H36N6. The van der Waals surface area contributed by atoms with Crippen molar-refractivity contribution >= 4 is 5.96 Å². The fraction of sp³-hybridized carbons (Fsp3) is 0.842. The van der Waals surface area contributed by atoms with Gasteiger partial charge in [-0.1, -0.05) is 27.2 Å². The number of aliphatic imine (C=N–C) groups is 1. The Morgan fingerprint density at radius 1 is 1.24 bits per heavy atom. The Balaban J connectivity index is 1.93. The van der Waals surface area contributed by atoms with E-state index >= 15 is 0 Å². The number of guanidine groups is 1. The molecule has 6 heteroatoms.